The molecule has 3 aromatic rings. The minimum absolute atomic E-state index is 0.0375. The van der Waals surface area contributed by atoms with Crippen LogP contribution in [0.3, 0.4) is 0 Å². The lowest BCUT2D eigenvalue weighted by molar-refractivity contribution is -0.363. The molecule has 16 unspecified atom stereocenters. The van der Waals surface area contributed by atoms with E-state index in [4.69, 9.17) is 52.1 Å². The van der Waals surface area contributed by atoms with Gasteiger partial charge in [-0.2, -0.15) is 0 Å². The maximum Gasteiger partial charge on any atom is 0.330 e. The lowest BCUT2D eigenvalue weighted by atomic mass is 9.95. The van der Waals surface area contributed by atoms with E-state index < -0.39 is 147 Å². The number of hydrogen-bond acceptors (Lipinski definition) is 26. The van der Waals surface area contributed by atoms with E-state index in [1.807, 2.05) is 0 Å². The highest BCUT2D eigenvalue weighted by atomic mass is 16.8. The highest BCUT2D eigenvalue weighted by molar-refractivity contribution is 5.87. The lowest BCUT2D eigenvalue weighted by Gasteiger charge is -2.46. The summed E-state index contributed by atoms with van der Waals surface area (Å²) in [5.41, 5.74) is 0.894. The van der Waals surface area contributed by atoms with Gasteiger partial charge in [-0.1, -0.05) is 12.1 Å². The second-order valence-electron chi connectivity index (χ2n) is 18.6. The number of ether oxygens (including phenoxy) is 11. The zero-order chi connectivity index (χ0) is 57.7. The van der Waals surface area contributed by atoms with Crippen LogP contribution >= 0.6 is 0 Å². The second-order valence-corrected chi connectivity index (χ2v) is 18.6. The number of carbonyl (C=O) groups is 2. The number of esters is 2. The van der Waals surface area contributed by atoms with E-state index in [2.05, 4.69) is 0 Å². The Kier molecular flexibility index (Phi) is 18.6. The van der Waals surface area contributed by atoms with E-state index in [9.17, 15) is 81.1 Å². The van der Waals surface area contributed by atoms with Crippen LogP contribution in [0.1, 0.15) is 16.7 Å². The molecule has 80 heavy (non-hydrogen) atoms. The van der Waals surface area contributed by atoms with Gasteiger partial charge in [0.25, 0.3) is 0 Å². The monoisotopic (exact) mass is 1130 g/mol. The smallest absolute Gasteiger partial charge is 0.330 e. The number of aliphatic hydroxyl groups excluding tert-OH is 10. The van der Waals surface area contributed by atoms with E-state index >= 15 is 0 Å². The van der Waals surface area contributed by atoms with Gasteiger partial charge in [-0.15, -0.1) is 0 Å². The maximum absolute atomic E-state index is 13.0. The third-order valence-corrected chi connectivity index (χ3v) is 13.2. The summed E-state index contributed by atoms with van der Waals surface area (Å²) in [6, 6.07) is 11.9. The third-order valence-electron chi connectivity index (χ3n) is 13.2. The van der Waals surface area contributed by atoms with Gasteiger partial charge in [0.1, 0.15) is 91.9 Å². The predicted octanol–water partition coefficient (Wildman–Crippen LogP) is -1.64. The van der Waals surface area contributed by atoms with Crippen LogP contribution in [0.4, 0.5) is 0 Å². The molecule has 4 aliphatic heterocycles. The Morgan fingerprint density at radius 1 is 0.575 bits per heavy atom. The molecule has 1 aliphatic carbocycles. The van der Waals surface area contributed by atoms with E-state index in [0.717, 1.165) is 24.3 Å². The van der Waals surface area contributed by atoms with Gasteiger partial charge in [0.15, 0.2) is 46.9 Å². The van der Waals surface area contributed by atoms with Gasteiger partial charge in [0, 0.05) is 30.4 Å². The number of aromatic hydroxyl groups is 4. The molecule has 16 atom stereocenters. The molecule has 5 aliphatic rings. The first kappa shape index (κ1) is 58.7. The average Bonchev–Trinajstić information content (AvgIpc) is 3.58. The molecule has 3 aromatic carbocycles. The van der Waals surface area contributed by atoms with Crippen molar-refractivity contribution in [1.82, 2.24) is 0 Å². The number of allylic oxidation sites excluding steroid dienone is 2. The molecule has 27 nitrogen and oxygen atoms in total. The Balaban J connectivity index is 1.11. The number of methoxy groups -OCH3 is 2. The normalized spacial score (nSPS) is 31.5. The van der Waals surface area contributed by atoms with E-state index in [1.54, 1.807) is 0 Å². The highest BCUT2D eigenvalue weighted by Gasteiger charge is 2.53. The van der Waals surface area contributed by atoms with Crippen molar-refractivity contribution in [2.45, 2.75) is 98.2 Å². The van der Waals surface area contributed by atoms with Crippen LogP contribution in [0.2, 0.25) is 0 Å². The van der Waals surface area contributed by atoms with E-state index in [1.165, 1.54) is 87.1 Å². The van der Waals surface area contributed by atoms with Gasteiger partial charge < -0.3 is 124 Å². The number of phenols is 4. The molecule has 3 saturated heterocycles. The van der Waals surface area contributed by atoms with Crippen molar-refractivity contribution in [1.29, 1.82) is 0 Å². The van der Waals surface area contributed by atoms with Crippen molar-refractivity contribution in [3.8, 4) is 34.5 Å². The van der Waals surface area contributed by atoms with Crippen LogP contribution < -0.4 is 9.47 Å². The molecule has 0 bridgehead atoms. The van der Waals surface area contributed by atoms with Gasteiger partial charge in [-0.05, 0) is 59.7 Å². The fraction of sp³-hybridized carbons (Fsp3) is 0.396. The Labute approximate surface area is 453 Å². The molecule has 0 aromatic heterocycles. The van der Waals surface area contributed by atoms with Crippen LogP contribution in [0.25, 0.3) is 17.9 Å². The molecule has 0 spiro atoms. The zero-order valence-corrected chi connectivity index (χ0v) is 42.2. The number of benzene rings is 3. The molecule has 432 valence electrons. The number of rotatable bonds is 18. The fourth-order valence-electron chi connectivity index (χ4n) is 8.79. The van der Waals surface area contributed by atoms with Crippen molar-refractivity contribution < 1.29 is 133 Å². The predicted molar refractivity (Wildman–Crippen MR) is 267 cm³/mol. The summed E-state index contributed by atoms with van der Waals surface area (Å²) in [5.74, 6) is -4.38. The summed E-state index contributed by atoms with van der Waals surface area (Å²) in [6.45, 7) is -2.37. The number of carbonyl (C=O) groups excluding carboxylic acids is 2. The largest absolute Gasteiger partial charge is 0.571 e. The Morgan fingerprint density at radius 2 is 1.11 bits per heavy atom. The molecule has 0 radical (unpaired) electrons. The maximum atomic E-state index is 13.0. The number of fused-ring (bicyclic) bond motifs is 1. The Hall–Kier alpha value is -7.48. The minimum atomic E-state index is -2.15. The van der Waals surface area contributed by atoms with Crippen molar-refractivity contribution in [3.63, 3.8) is 0 Å². The molecular formula is C53H59O27+. The summed E-state index contributed by atoms with van der Waals surface area (Å²) in [6.07, 6.45) is -21.5. The molecule has 15 N–H and O–H groups in total. The van der Waals surface area contributed by atoms with Gasteiger partial charge in [-0.3, -0.25) is 0 Å². The van der Waals surface area contributed by atoms with Crippen LogP contribution in [0.15, 0.2) is 108 Å². The summed E-state index contributed by atoms with van der Waals surface area (Å²) < 4.78 is 62.0. The summed E-state index contributed by atoms with van der Waals surface area (Å²) in [5, 5.41) is 150. The second kappa shape index (κ2) is 25.3. The topological polar surface area (TPSA) is 422 Å². The number of hydrogen-bond donors (Lipinski definition) is 14. The van der Waals surface area contributed by atoms with Crippen molar-refractivity contribution in [3.05, 3.63) is 125 Å². The summed E-state index contributed by atoms with van der Waals surface area (Å²) in [4.78, 5) is 25.8. The molecule has 0 saturated carbocycles. The average molecular weight is 1130 g/mol. The fourth-order valence-corrected chi connectivity index (χ4v) is 8.79. The van der Waals surface area contributed by atoms with E-state index in [-0.39, 0.29) is 57.0 Å². The molecular weight excluding hydrogens is 1070 g/mol. The highest BCUT2D eigenvalue weighted by Crippen LogP contribution is 2.41. The first-order valence-corrected chi connectivity index (χ1v) is 24.4. The van der Waals surface area contributed by atoms with Crippen LogP contribution in [-0.4, -0.2) is 220 Å². The van der Waals surface area contributed by atoms with E-state index in [0.29, 0.717) is 5.56 Å². The van der Waals surface area contributed by atoms with Gasteiger partial charge in [0.2, 0.25) is 24.4 Å². The van der Waals surface area contributed by atoms with Gasteiger partial charge in [-0.25, -0.2) is 9.59 Å². The molecule has 3 fully saturated rings. The Bertz CT molecular complexity index is 2910. The SMILES string of the molecule is COc1cc(C=CC(=O)OCC2OC(OC3C(OC4=C(c5ccc(O)c(OC)c5)[OH+]C5C=C(O)C=C(OC6OC(CO)C(O)C(O)C6O)C5=C4)OC(COC(=O)C=Cc4ccc(O)c(O)c4)C(O)C3O)C(O)C(O)C2O)ccc1O. The van der Waals surface area contributed by atoms with Crippen LogP contribution in [0.5, 0.6) is 34.5 Å². The first-order valence-electron chi connectivity index (χ1n) is 24.4. The van der Waals surface area contributed by atoms with Crippen LogP contribution in [-0.2, 0) is 47.5 Å². The van der Waals surface area contributed by atoms with Crippen molar-refractivity contribution >= 4 is 29.8 Å². The number of aliphatic hydroxyl groups is 12. The van der Waals surface area contributed by atoms with Crippen molar-refractivity contribution in [2.75, 3.05) is 34.0 Å². The molecule has 0 amide bonds. The van der Waals surface area contributed by atoms with Crippen LogP contribution in [0, 0.1) is 0 Å². The quantitative estimate of drug-likeness (QED) is 0.0294. The minimum Gasteiger partial charge on any atom is -0.571 e. The zero-order valence-electron chi connectivity index (χ0n) is 42.2. The first-order chi connectivity index (χ1) is 38.2. The Morgan fingerprint density at radius 3 is 1.73 bits per heavy atom. The summed E-state index contributed by atoms with van der Waals surface area (Å²) in [7, 11) is 2.59. The standard InChI is InChI=1S/C53H58O27/c1-70-33-14-23(4-9-28(33)57)6-12-40(61)72-20-37-42(63)45(66)48(69)52(78-37)80-50-46(67)43(64)38(21-73-39(60)11-5-22-3-8-27(56)30(59)13-22)79-53(50)76-35-18-26-31(74-49(35)24-7-10-29(58)34(15-24)71-2)16-25(55)17-32(26)75-51-47(68)44(65)41(62)36(19-54)77-51/h3-18,31,36-38,41-48,50-59,62-69H,19-21H2,1-2H3/p+1. The molecule has 27 heteroatoms. The molecule has 8 rings (SSSR count). The van der Waals surface area contributed by atoms with Gasteiger partial charge in [0.05, 0.1) is 38.0 Å². The van der Waals surface area contributed by atoms with Gasteiger partial charge >= 0.3 is 17.7 Å². The third kappa shape index (κ3) is 13.1. The number of phenolic OH excluding ortho intramolecular Hbond substituents is 4. The summed E-state index contributed by atoms with van der Waals surface area (Å²) >= 11 is 0. The molecule has 4 heterocycles. The van der Waals surface area contributed by atoms with Crippen molar-refractivity contribution in [2.24, 2.45) is 0 Å². The lowest BCUT2D eigenvalue weighted by Crippen LogP contribution is -2.64.